The van der Waals surface area contributed by atoms with Crippen LogP contribution < -0.4 is 0 Å². The van der Waals surface area contributed by atoms with Gasteiger partial charge in [-0.3, -0.25) is 0 Å². The number of aryl methyl sites for hydroxylation is 2. The number of rotatable bonds is 17. The van der Waals surface area contributed by atoms with Crippen LogP contribution in [0.15, 0.2) is 90.0 Å². The minimum absolute atomic E-state index is 1.01. The Morgan fingerprint density at radius 1 is 0.475 bits per heavy atom. The molecule has 0 amide bonds. The van der Waals surface area contributed by atoms with Crippen LogP contribution in [-0.2, 0) is 0 Å². The van der Waals surface area contributed by atoms with E-state index in [0.29, 0.717) is 0 Å². The Balaban J connectivity index is 1.65. The fourth-order valence-corrected chi connectivity index (χ4v) is 16.0. The predicted molar refractivity (Wildman–Crippen MR) is 201 cm³/mol. The molecule has 2 aromatic carbocycles. The third-order valence-electron chi connectivity index (χ3n) is 5.51. The molecule has 0 aliphatic rings. The fraction of sp³-hybridized carbons (Fsp3) is 0.333. The van der Waals surface area contributed by atoms with E-state index >= 15 is 0 Å². The maximum atomic E-state index is 2.33. The van der Waals surface area contributed by atoms with Gasteiger partial charge in [-0.25, -0.2) is 0 Å². The molecular formula is C30H34S10. The molecular weight excluding hydrogens is 681 g/mol. The van der Waals surface area contributed by atoms with Crippen molar-refractivity contribution in [3.05, 3.63) is 70.4 Å². The van der Waals surface area contributed by atoms with Gasteiger partial charge in [-0.15, -0.1) is 93.2 Å². The highest BCUT2D eigenvalue weighted by atomic mass is 32.2. The van der Waals surface area contributed by atoms with Gasteiger partial charge in [0.25, 0.3) is 0 Å². The van der Waals surface area contributed by atoms with Crippen molar-refractivity contribution in [2.75, 3.05) is 31.8 Å². The van der Waals surface area contributed by atoms with Crippen LogP contribution in [0.3, 0.4) is 0 Å². The van der Waals surface area contributed by atoms with Gasteiger partial charge < -0.3 is 0 Å². The van der Waals surface area contributed by atoms with Gasteiger partial charge in [-0.1, -0.05) is 50.2 Å². The van der Waals surface area contributed by atoms with E-state index in [4.69, 9.17) is 0 Å². The average Bonchev–Trinajstić information content (AvgIpc) is 3.45. The zero-order valence-corrected chi connectivity index (χ0v) is 31.3. The highest BCUT2D eigenvalue weighted by molar-refractivity contribution is 8.18. The summed E-state index contributed by atoms with van der Waals surface area (Å²) in [4.78, 5) is 14.5. The minimum Gasteiger partial charge on any atom is -0.151 e. The van der Waals surface area contributed by atoms with Gasteiger partial charge in [0.2, 0.25) is 0 Å². The second kappa shape index (κ2) is 18.4. The van der Waals surface area contributed by atoms with Gasteiger partial charge in [0.1, 0.15) is 0 Å². The number of hydrogen-bond acceptors (Lipinski definition) is 10. The zero-order chi connectivity index (χ0) is 28.2. The lowest BCUT2D eigenvalue weighted by molar-refractivity contribution is 1.25. The highest BCUT2D eigenvalue weighted by Crippen LogP contribution is 2.55. The maximum Gasteiger partial charge on any atom is 0.0605 e. The van der Waals surface area contributed by atoms with Crippen LogP contribution in [0.1, 0.15) is 23.6 Å². The van der Waals surface area contributed by atoms with Crippen molar-refractivity contribution < 1.29 is 0 Å². The first-order valence-corrected chi connectivity index (χ1v) is 22.8. The van der Waals surface area contributed by atoms with E-state index in [0.717, 1.165) is 26.1 Å². The van der Waals surface area contributed by atoms with Crippen LogP contribution in [0, 0.1) is 13.8 Å². The van der Waals surface area contributed by atoms with Crippen molar-refractivity contribution in [2.24, 2.45) is 0 Å². The molecule has 0 nitrogen and oxygen atoms in total. The molecule has 0 radical (unpaired) electrons. The van der Waals surface area contributed by atoms with E-state index in [2.05, 4.69) is 100 Å². The van der Waals surface area contributed by atoms with E-state index in [1.807, 2.05) is 105 Å². The lowest BCUT2D eigenvalue weighted by Crippen LogP contribution is -1.84. The summed E-state index contributed by atoms with van der Waals surface area (Å²) in [6.45, 7) is 9.17. The quantitative estimate of drug-likeness (QED) is 0.0594. The van der Waals surface area contributed by atoms with Crippen molar-refractivity contribution in [1.82, 2.24) is 0 Å². The summed E-state index contributed by atoms with van der Waals surface area (Å²) in [5.74, 6) is 2.33. The molecule has 214 valence electrons. The first-order valence-electron chi connectivity index (χ1n) is 12.9. The van der Waals surface area contributed by atoms with Crippen molar-refractivity contribution in [1.29, 1.82) is 0 Å². The average molecular weight is 715 g/mol. The van der Waals surface area contributed by atoms with Gasteiger partial charge in [-0.05, 0) is 49.6 Å². The molecule has 0 saturated carbocycles. The van der Waals surface area contributed by atoms with Crippen LogP contribution in [0.4, 0.5) is 0 Å². The monoisotopic (exact) mass is 714 g/mol. The van der Waals surface area contributed by atoms with E-state index in [9.17, 15) is 0 Å². The number of thiophene rings is 2. The Morgan fingerprint density at radius 2 is 0.850 bits per heavy atom. The molecule has 10 heteroatoms. The molecule has 0 atom stereocenters. The van der Waals surface area contributed by atoms with Gasteiger partial charge >= 0.3 is 0 Å². The summed E-state index contributed by atoms with van der Waals surface area (Å²) in [5.41, 5.74) is 0. The number of hydrogen-bond donors (Lipinski definition) is 0. The lowest BCUT2D eigenvalue weighted by atomic mass is 10.3. The summed E-state index contributed by atoms with van der Waals surface area (Å²) < 4.78 is 0. The normalized spacial score (nSPS) is 11.4. The molecule has 40 heavy (non-hydrogen) atoms. The smallest absolute Gasteiger partial charge is 0.0605 e. The third kappa shape index (κ3) is 9.83. The summed E-state index contributed by atoms with van der Waals surface area (Å²) >= 11 is 20.1. The molecule has 0 bridgehead atoms. The van der Waals surface area contributed by atoms with Gasteiger partial charge in [0.15, 0.2) is 0 Å². The van der Waals surface area contributed by atoms with Crippen LogP contribution in [0.25, 0.3) is 9.75 Å². The first kappa shape index (κ1) is 33.5. The molecule has 0 N–H and O–H groups in total. The molecule has 2 heterocycles. The van der Waals surface area contributed by atoms with E-state index in [1.54, 1.807) is 0 Å². The Morgan fingerprint density at radius 3 is 1.27 bits per heavy atom. The summed E-state index contributed by atoms with van der Waals surface area (Å²) in [6.07, 6.45) is 0. The molecule has 0 aliphatic carbocycles. The SMILES string of the molecule is CCSCSc1c(C)sc(-c2sc(C)c(SCSc3ccccc3)c2SCSc2ccccc2)c1SCSCC. The van der Waals surface area contributed by atoms with Crippen molar-refractivity contribution in [3.63, 3.8) is 0 Å². The van der Waals surface area contributed by atoms with Crippen LogP contribution in [-0.4, -0.2) is 31.8 Å². The molecule has 2 aromatic heterocycles. The summed E-state index contributed by atoms with van der Waals surface area (Å²) in [6, 6.07) is 21.6. The minimum atomic E-state index is 1.01. The Bertz CT molecular complexity index is 1300. The third-order valence-corrected chi connectivity index (χ3v) is 17.8. The highest BCUT2D eigenvalue weighted by Gasteiger charge is 2.25. The van der Waals surface area contributed by atoms with E-state index in [-0.39, 0.29) is 0 Å². The van der Waals surface area contributed by atoms with Crippen molar-refractivity contribution in [2.45, 2.75) is 57.1 Å². The summed E-state index contributed by atoms with van der Waals surface area (Å²) in [7, 11) is 0. The molecule has 4 rings (SSSR count). The molecule has 4 aromatic rings. The Labute approximate surface area is 283 Å². The molecule has 0 unspecified atom stereocenters. The number of thioether (sulfide) groups is 8. The second-order valence-corrected chi connectivity index (χ2v) is 20.7. The molecule has 0 aliphatic heterocycles. The standard InChI is InChI=1S/C30H34S10/c1-5-31-17-35-25-21(3)39-29(27(25)36-18-32-6-2)30-28(38-20-34-24-15-11-8-12-16-24)26(22(4)40-30)37-19-33-23-13-9-7-10-14-23/h7-16H,5-6,17-20H2,1-4H3. The van der Waals surface area contributed by atoms with Gasteiger partial charge in [0, 0.05) is 59.5 Å². The molecule has 0 spiro atoms. The largest absolute Gasteiger partial charge is 0.151 e. The van der Waals surface area contributed by atoms with Gasteiger partial charge in [0.05, 0.1) is 9.75 Å². The van der Waals surface area contributed by atoms with Crippen LogP contribution in [0.2, 0.25) is 0 Å². The molecule has 0 saturated heterocycles. The fourth-order valence-electron chi connectivity index (χ4n) is 3.63. The van der Waals surface area contributed by atoms with Crippen molar-refractivity contribution in [3.8, 4) is 9.75 Å². The van der Waals surface area contributed by atoms with E-state index in [1.165, 1.54) is 54.6 Å². The van der Waals surface area contributed by atoms with E-state index < -0.39 is 0 Å². The van der Waals surface area contributed by atoms with Crippen molar-refractivity contribution >= 4 is 117 Å². The van der Waals surface area contributed by atoms with Crippen LogP contribution in [0.5, 0.6) is 0 Å². The van der Waals surface area contributed by atoms with Gasteiger partial charge in [-0.2, -0.15) is 23.5 Å². The summed E-state index contributed by atoms with van der Waals surface area (Å²) in [5, 5.41) is 4.27. The topological polar surface area (TPSA) is 0 Å². The number of benzene rings is 2. The Hall–Kier alpha value is 0.640. The second-order valence-electron chi connectivity index (χ2n) is 8.24. The Kier molecular flexibility index (Phi) is 15.5. The molecule has 0 fully saturated rings. The lowest BCUT2D eigenvalue weighted by Gasteiger charge is -2.10. The maximum absolute atomic E-state index is 2.33. The van der Waals surface area contributed by atoms with Crippen LogP contribution >= 0.6 is 117 Å². The predicted octanol–water partition coefficient (Wildman–Crippen LogP) is 13.4. The zero-order valence-electron chi connectivity index (χ0n) is 23.1. The first-order chi connectivity index (χ1) is 19.6.